The fraction of sp³-hybridized carbons (Fsp3) is 0.704. The van der Waals surface area contributed by atoms with Gasteiger partial charge in [0.25, 0.3) is 0 Å². The van der Waals surface area contributed by atoms with Crippen LogP contribution in [-0.2, 0) is 32.2 Å². The van der Waals surface area contributed by atoms with Crippen LogP contribution in [0.25, 0.3) is 0 Å². The molecule has 34 heavy (non-hydrogen) atoms. The van der Waals surface area contributed by atoms with Gasteiger partial charge in [-0.3, -0.25) is 0 Å². The molecule has 0 bridgehead atoms. The van der Waals surface area contributed by atoms with Crippen molar-refractivity contribution in [2.75, 3.05) is 0 Å². The molecule has 4 fully saturated rings. The Kier molecular flexibility index (Phi) is 20.4. The normalized spacial score (nSPS) is 31.2. The van der Waals surface area contributed by atoms with Gasteiger partial charge >= 0.3 is 103 Å². The van der Waals surface area contributed by atoms with Crippen LogP contribution < -0.4 is 0 Å². The molecule has 0 nitrogen and oxygen atoms in total. The van der Waals surface area contributed by atoms with Crippen molar-refractivity contribution < 1.29 is 25.8 Å². The second kappa shape index (κ2) is 19.5. The third-order valence-electron chi connectivity index (χ3n) is 8.75. The van der Waals surface area contributed by atoms with Crippen LogP contribution in [0.3, 0.4) is 0 Å². The molecule has 0 amide bonds. The van der Waals surface area contributed by atoms with E-state index >= 15 is 0 Å². The third-order valence-corrected chi connectivity index (χ3v) is 8.75. The van der Waals surface area contributed by atoms with Gasteiger partial charge in [0.2, 0.25) is 0 Å². The van der Waals surface area contributed by atoms with Gasteiger partial charge in [0.15, 0.2) is 0 Å². The summed E-state index contributed by atoms with van der Waals surface area (Å²) in [5.74, 6) is 6.11. The van der Waals surface area contributed by atoms with Crippen LogP contribution in [0, 0.1) is 44.4 Å². The minimum absolute atomic E-state index is 0. The SMILES string of the molecule is [CH3-].[CH3-].[Cl][Zr+2][Cl].[I][V]([I])[I].c1ccc(C2CCC3CCCCC32)c(CC2CCC3CCCCC32)c1. The van der Waals surface area contributed by atoms with E-state index in [2.05, 4.69) is 84.2 Å². The van der Waals surface area contributed by atoms with Crippen molar-refractivity contribution in [3.63, 3.8) is 0 Å². The Morgan fingerprint density at radius 2 is 1.24 bits per heavy atom. The van der Waals surface area contributed by atoms with Gasteiger partial charge in [-0.1, -0.05) is 62.8 Å². The fourth-order valence-corrected chi connectivity index (χ4v) is 7.59. The van der Waals surface area contributed by atoms with Crippen molar-refractivity contribution in [3.8, 4) is 0 Å². The van der Waals surface area contributed by atoms with Crippen molar-refractivity contribution in [2.45, 2.75) is 89.4 Å². The summed E-state index contributed by atoms with van der Waals surface area (Å²) in [6.07, 6.45) is 19.5. The van der Waals surface area contributed by atoms with Gasteiger partial charge in [0.1, 0.15) is 0 Å². The summed E-state index contributed by atoms with van der Waals surface area (Å²) < 4.78 is 0. The number of benzene rings is 1. The zero-order valence-electron chi connectivity index (χ0n) is 20.8. The molecule has 0 radical (unpaired) electrons. The zero-order chi connectivity index (χ0) is 22.9. The first-order valence-corrected chi connectivity index (χ1v) is 32.2. The van der Waals surface area contributed by atoms with Crippen LogP contribution >= 0.6 is 77.0 Å². The van der Waals surface area contributed by atoms with Crippen LogP contribution in [0.2, 0.25) is 0 Å². The summed E-state index contributed by atoms with van der Waals surface area (Å²) in [6.45, 7) is 0. The van der Waals surface area contributed by atoms with Gasteiger partial charge in [-0.25, -0.2) is 0 Å². The Morgan fingerprint density at radius 1 is 0.735 bits per heavy atom. The predicted octanol–water partition coefficient (Wildman–Crippen LogP) is 12.1. The molecule has 6 atom stereocenters. The molecular formula is C27H42Cl2I3VZr. The number of halogens is 5. The summed E-state index contributed by atoms with van der Waals surface area (Å²) >= 11 is 6.56. The van der Waals surface area contributed by atoms with Crippen LogP contribution in [0.15, 0.2) is 24.3 Å². The second-order valence-electron chi connectivity index (χ2n) is 10.1. The van der Waals surface area contributed by atoms with E-state index in [1.165, 1.54) is 83.5 Å². The van der Waals surface area contributed by atoms with Crippen LogP contribution in [0.4, 0.5) is 0 Å². The zero-order valence-corrected chi connectivity index (χ0v) is 32.6. The van der Waals surface area contributed by atoms with E-state index < -0.39 is 20.8 Å². The molecule has 6 unspecified atom stereocenters. The first-order valence-electron chi connectivity index (χ1n) is 12.4. The molecule has 0 N–H and O–H groups in total. The number of hydrogen-bond acceptors (Lipinski definition) is 0. The van der Waals surface area contributed by atoms with E-state index in [-0.39, 0.29) is 19.8 Å². The van der Waals surface area contributed by atoms with E-state index in [9.17, 15) is 0 Å². The van der Waals surface area contributed by atoms with Gasteiger partial charge in [0.05, 0.1) is 0 Å². The molecule has 7 heteroatoms. The van der Waals surface area contributed by atoms with E-state index in [0.29, 0.717) is 0 Å². The largest absolute Gasteiger partial charge is 0.0620 e. The molecule has 0 saturated heterocycles. The molecule has 4 saturated carbocycles. The first-order chi connectivity index (χ1) is 15.5. The van der Waals surface area contributed by atoms with E-state index in [1.807, 2.05) is 0 Å². The molecular weight excluding hydrogens is 918 g/mol. The molecule has 4 aliphatic rings. The molecule has 194 valence electrons. The summed E-state index contributed by atoms with van der Waals surface area (Å²) in [7, 11) is 9.87. The molecule has 5 rings (SSSR count). The van der Waals surface area contributed by atoms with Crippen molar-refractivity contribution in [3.05, 3.63) is 50.2 Å². The second-order valence-corrected chi connectivity index (χ2v) is 49.2. The monoisotopic (exact) mass is 958 g/mol. The fourth-order valence-electron chi connectivity index (χ4n) is 7.59. The minimum atomic E-state index is -0.826. The van der Waals surface area contributed by atoms with Crippen molar-refractivity contribution in [2.24, 2.45) is 29.6 Å². The van der Waals surface area contributed by atoms with Gasteiger partial charge in [0, 0.05) is 0 Å². The Balaban J connectivity index is 0.000000576. The predicted molar refractivity (Wildman–Crippen MR) is 172 cm³/mol. The van der Waals surface area contributed by atoms with Gasteiger partial charge in [-0.15, -0.1) is 0 Å². The van der Waals surface area contributed by atoms with E-state index in [0.717, 1.165) is 35.5 Å². The molecule has 1 aromatic rings. The Labute approximate surface area is 267 Å². The molecule has 0 spiro atoms. The first kappa shape index (κ1) is 35.5. The van der Waals surface area contributed by atoms with Crippen LogP contribution in [0.5, 0.6) is 0 Å². The van der Waals surface area contributed by atoms with Crippen molar-refractivity contribution >= 4 is 77.0 Å². The number of rotatable bonds is 3. The maximum atomic E-state index is 4.93. The molecule has 4 aliphatic carbocycles. The van der Waals surface area contributed by atoms with Crippen LogP contribution in [0.1, 0.15) is 94.1 Å². The summed E-state index contributed by atoms with van der Waals surface area (Å²) in [5.41, 5.74) is 3.52. The molecule has 0 heterocycles. The average Bonchev–Trinajstić information content (AvgIpc) is 3.39. The molecule has 1 aromatic carbocycles. The van der Waals surface area contributed by atoms with Crippen LogP contribution in [-0.4, -0.2) is 0 Å². The van der Waals surface area contributed by atoms with E-state index in [4.69, 9.17) is 17.0 Å². The van der Waals surface area contributed by atoms with Gasteiger partial charge < -0.3 is 14.9 Å². The standard InChI is InChI=1S/C25H36.2CH3.2ClH.3HI.V.Zr/c1-4-10-22-18(7-1)13-14-21(22)17-20-9-3-6-12-24(20)25-16-15-19-8-2-5-11-23(19)25;;;;;;;;;/h3,6,9,12,18-19,21-23,25H,1-2,4-5,7-8,10-11,13-17H2;2*1H3;5*1H;;/q;2*-1;;;;;;+3;+4/p-5. The summed E-state index contributed by atoms with van der Waals surface area (Å²) in [4.78, 5) is -0.278. The van der Waals surface area contributed by atoms with Crippen molar-refractivity contribution in [1.29, 1.82) is 0 Å². The molecule has 0 aliphatic heterocycles. The quantitative estimate of drug-likeness (QED) is 0.209. The minimum Gasteiger partial charge on any atom is -0.0620 e. The number of hydrogen-bond donors (Lipinski definition) is 0. The Bertz CT molecular complexity index is 678. The number of fused-ring (bicyclic) bond motifs is 2. The Hall–Kier alpha value is 3.46. The van der Waals surface area contributed by atoms with Gasteiger partial charge in [-0.2, -0.15) is 0 Å². The maximum Gasteiger partial charge on any atom is -0.0128 e. The topological polar surface area (TPSA) is 0 Å². The summed E-state index contributed by atoms with van der Waals surface area (Å²) in [5, 5.41) is 0. The van der Waals surface area contributed by atoms with Gasteiger partial charge in [-0.05, 0) is 91.6 Å². The molecule has 0 aromatic heterocycles. The maximum absolute atomic E-state index is 4.93. The average molecular weight is 960 g/mol. The third kappa shape index (κ3) is 10.8. The Morgan fingerprint density at radius 3 is 1.88 bits per heavy atom. The van der Waals surface area contributed by atoms with Crippen molar-refractivity contribution in [1.82, 2.24) is 0 Å². The summed E-state index contributed by atoms with van der Waals surface area (Å²) in [6, 6.07) is 9.67. The van der Waals surface area contributed by atoms with E-state index in [1.54, 1.807) is 11.1 Å². The smallest absolute Gasteiger partial charge is 0.0128 e.